The number of carbonyl (C=O) groups is 1. The Morgan fingerprint density at radius 2 is 1.94 bits per heavy atom. The van der Waals surface area contributed by atoms with Gasteiger partial charge in [-0.3, -0.25) is 9.78 Å². The minimum Gasteiger partial charge on any atom is -0.477 e. The molecular weight excluding hydrogens is 399 g/mol. The Kier molecular flexibility index (Phi) is 4.63. The van der Waals surface area contributed by atoms with Gasteiger partial charge >= 0.3 is 5.97 Å². The van der Waals surface area contributed by atoms with Crippen LogP contribution in [-0.2, 0) is 0 Å². The predicted molar refractivity (Wildman–Crippen MR) is 117 cm³/mol. The van der Waals surface area contributed by atoms with E-state index in [1.54, 1.807) is 22.9 Å². The zero-order chi connectivity index (χ0) is 21.5. The normalized spacial score (nSPS) is 14.3. The number of fused-ring (bicyclic) bond motifs is 2. The van der Waals surface area contributed by atoms with E-state index in [4.69, 9.17) is 0 Å². The topological polar surface area (TPSA) is 87.5 Å². The number of aromatic nitrogens is 2. The molecule has 0 unspecified atom stereocenters. The first-order valence-corrected chi connectivity index (χ1v) is 9.96. The molecule has 31 heavy (non-hydrogen) atoms. The van der Waals surface area contributed by atoms with Crippen LogP contribution in [0.15, 0.2) is 59.7 Å². The molecule has 8 heteroatoms. The van der Waals surface area contributed by atoms with Crippen LogP contribution in [0.3, 0.4) is 0 Å². The summed E-state index contributed by atoms with van der Waals surface area (Å²) in [5, 5.41) is 13.7. The van der Waals surface area contributed by atoms with Gasteiger partial charge in [0.1, 0.15) is 11.4 Å². The lowest BCUT2D eigenvalue weighted by atomic mass is 10.1. The number of benzene rings is 2. The van der Waals surface area contributed by atoms with E-state index in [2.05, 4.69) is 10.3 Å². The molecular formula is C23H19FN4O3. The molecule has 0 spiro atoms. The van der Waals surface area contributed by atoms with Crippen molar-refractivity contribution in [2.24, 2.45) is 0 Å². The molecule has 0 aliphatic carbocycles. The minimum atomic E-state index is -1.35. The van der Waals surface area contributed by atoms with Crippen molar-refractivity contribution in [2.75, 3.05) is 31.1 Å². The molecule has 2 aromatic heterocycles. The van der Waals surface area contributed by atoms with Gasteiger partial charge in [-0.05, 0) is 36.4 Å². The number of hydrogen-bond donors (Lipinski definition) is 2. The highest BCUT2D eigenvalue weighted by Crippen LogP contribution is 2.28. The highest BCUT2D eigenvalue weighted by Gasteiger charge is 2.21. The summed E-state index contributed by atoms with van der Waals surface area (Å²) in [6.45, 7) is 2.75. The lowest BCUT2D eigenvalue weighted by Crippen LogP contribution is -2.43. The van der Waals surface area contributed by atoms with Crippen molar-refractivity contribution in [3.8, 4) is 5.69 Å². The number of carboxylic acids is 1. The standard InChI is InChI=1S/C23H19FN4O3/c24-18-11-16-20(12-21(18)27-8-6-25-7-9-27)28(13-17(22(16)29)23(30)31)15-3-4-19-14(10-15)2-1-5-26-19/h1-5,10-13,25H,6-9H2,(H,30,31). The van der Waals surface area contributed by atoms with Crippen LogP contribution < -0.4 is 15.6 Å². The summed E-state index contributed by atoms with van der Waals surface area (Å²) < 4.78 is 16.6. The fourth-order valence-electron chi connectivity index (χ4n) is 4.06. The summed E-state index contributed by atoms with van der Waals surface area (Å²) in [5.74, 6) is -1.89. The molecule has 156 valence electrons. The highest BCUT2D eigenvalue weighted by molar-refractivity contribution is 5.94. The van der Waals surface area contributed by atoms with E-state index in [0.29, 0.717) is 30.0 Å². The Hall–Kier alpha value is -3.78. The van der Waals surface area contributed by atoms with Crippen molar-refractivity contribution in [1.82, 2.24) is 14.9 Å². The number of aromatic carboxylic acids is 1. The van der Waals surface area contributed by atoms with Gasteiger partial charge in [0.25, 0.3) is 0 Å². The number of carboxylic acid groups (broad SMARTS) is 1. The van der Waals surface area contributed by atoms with Crippen LogP contribution in [-0.4, -0.2) is 46.8 Å². The van der Waals surface area contributed by atoms with Crippen molar-refractivity contribution < 1.29 is 14.3 Å². The van der Waals surface area contributed by atoms with Crippen molar-refractivity contribution in [3.63, 3.8) is 0 Å². The number of piperazine rings is 1. The lowest BCUT2D eigenvalue weighted by molar-refractivity contribution is 0.0695. The number of anilines is 1. The predicted octanol–water partition coefficient (Wildman–Crippen LogP) is 2.79. The summed E-state index contributed by atoms with van der Waals surface area (Å²) in [6, 6.07) is 12.0. The van der Waals surface area contributed by atoms with Crippen LogP contribution in [0.4, 0.5) is 10.1 Å². The van der Waals surface area contributed by atoms with Crippen molar-refractivity contribution in [2.45, 2.75) is 0 Å². The van der Waals surface area contributed by atoms with Crippen LogP contribution in [0.2, 0.25) is 0 Å². The van der Waals surface area contributed by atoms with Gasteiger partial charge < -0.3 is 19.9 Å². The molecule has 0 atom stereocenters. The van der Waals surface area contributed by atoms with Gasteiger partial charge in [-0.1, -0.05) is 6.07 Å². The molecule has 2 aromatic carbocycles. The maximum atomic E-state index is 15.0. The van der Waals surface area contributed by atoms with Gasteiger partial charge in [0.2, 0.25) is 5.43 Å². The van der Waals surface area contributed by atoms with E-state index in [1.165, 1.54) is 6.20 Å². The summed E-state index contributed by atoms with van der Waals surface area (Å²) >= 11 is 0. The van der Waals surface area contributed by atoms with E-state index in [-0.39, 0.29) is 5.39 Å². The first kappa shape index (κ1) is 19.2. The minimum absolute atomic E-state index is 0.0302. The molecule has 0 amide bonds. The van der Waals surface area contributed by atoms with Crippen LogP contribution in [0.25, 0.3) is 27.5 Å². The van der Waals surface area contributed by atoms with Crippen LogP contribution in [0, 0.1) is 5.82 Å². The SMILES string of the molecule is O=C(O)c1cn(-c2ccc3ncccc3c2)c2cc(N3CCNCC3)c(F)cc2c1=O. The zero-order valence-corrected chi connectivity index (χ0v) is 16.5. The summed E-state index contributed by atoms with van der Waals surface area (Å²) in [7, 11) is 0. The number of nitrogens with one attached hydrogen (secondary N) is 1. The largest absolute Gasteiger partial charge is 0.477 e. The Morgan fingerprint density at radius 1 is 1.13 bits per heavy atom. The molecule has 7 nitrogen and oxygen atoms in total. The lowest BCUT2D eigenvalue weighted by Gasteiger charge is -2.30. The number of hydrogen-bond acceptors (Lipinski definition) is 5. The molecule has 1 aliphatic rings. The molecule has 1 saturated heterocycles. The zero-order valence-electron chi connectivity index (χ0n) is 16.5. The van der Waals surface area contributed by atoms with E-state index in [9.17, 15) is 19.1 Å². The van der Waals surface area contributed by atoms with Crippen molar-refractivity contribution in [1.29, 1.82) is 0 Å². The molecule has 1 fully saturated rings. The van der Waals surface area contributed by atoms with Gasteiger partial charge in [-0.15, -0.1) is 0 Å². The van der Waals surface area contributed by atoms with Crippen molar-refractivity contribution in [3.05, 3.63) is 76.5 Å². The van der Waals surface area contributed by atoms with Gasteiger partial charge in [-0.25, -0.2) is 9.18 Å². The second-order valence-electron chi connectivity index (χ2n) is 7.49. The van der Waals surface area contributed by atoms with Gasteiger partial charge in [0.15, 0.2) is 0 Å². The van der Waals surface area contributed by atoms with E-state index in [0.717, 1.165) is 30.1 Å². The summed E-state index contributed by atoms with van der Waals surface area (Å²) in [5.41, 5.74) is 1.19. The third kappa shape index (κ3) is 3.30. The molecule has 4 aromatic rings. The Balaban J connectivity index is 1.80. The molecule has 5 rings (SSSR count). The van der Waals surface area contributed by atoms with Crippen LogP contribution in [0.1, 0.15) is 10.4 Å². The summed E-state index contributed by atoms with van der Waals surface area (Å²) in [6.07, 6.45) is 3.01. The van der Waals surface area contributed by atoms with Gasteiger partial charge in [-0.2, -0.15) is 0 Å². The smallest absolute Gasteiger partial charge is 0.341 e. The quantitative estimate of drug-likeness (QED) is 0.532. The third-order valence-electron chi connectivity index (χ3n) is 5.62. The fraction of sp³-hybridized carbons (Fsp3) is 0.174. The number of halogens is 1. The van der Waals surface area contributed by atoms with Gasteiger partial charge in [0, 0.05) is 55.0 Å². The number of pyridine rings is 2. The second kappa shape index (κ2) is 7.48. The maximum absolute atomic E-state index is 15.0. The average molecular weight is 418 g/mol. The molecule has 0 bridgehead atoms. The molecule has 1 aliphatic heterocycles. The second-order valence-corrected chi connectivity index (χ2v) is 7.49. The number of rotatable bonds is 3. The maximum Gasteiger partial charge on any atom is 0.341 e. The van der Waals surface area contributed by atoms with Crippen LogP contribution >= 0.6 is 0 Å². The fourth-order valence-corrected chi connectivity index (χ4v) is 4.06. The first-order valence-electron chi connectivity index (χ1n) is 9.96. The molecule has 0 saturated carbocycles. The van der Waals surface area contributed by atoms with Gasteiger partial charge in [0.05, 0.1) is 16.7 Å². The van der Waals surface area contributed by atoms with E-state index in [1.807, 2.05) is 29.2 Å². The van der Waals surface area contributed by atoms with E-state index < -0.39 is 22.8 Å². The molecule has 3 heterocycles. The molecule has 2 N–H and O–H groups in total. The monoisotopic (exact) mass is 418 g/mol. The average Bonchev–Trinajstić information content (AvgIpc) is 2.79. The Labute approximate surface area is 176 Å². The highest BCUT2D eigenvalue weighted by atomic mass is 19.1. The number of nitrogens with zero attached hydrogens (tertiary/aromatic N) is 3. The summed E-state index contributed by atoms with van der Waals surface area (Å²) in [4.78, 5) is 30.8. The van der Waals surface area contributed by atoms with E-state index >= 15 is 0 Å². The third-order valence-corrected chi connectivity index (χ3v) is 5.62. The van der Waals surface area contributed by atoms with Crippen LogP contribution in [0.5, 0.6) is 0 Å². The first-order chi connectivity index (χ1) is 15.0. The van der Waals surface area contributed by atoms with Crippen molar-refractivity contribution >= 4 is 33.5 Å². The molecule has 0 radical (unpaired) electrons. The Bertz CT molecular complexity index is 1390. The Morgan fingerprint density at radius 3 is 2.71 bits per heavy atom.